The molecule has 0 aromatic rings. The van der Waals surface area contributed by atoms with Gasteiger partial charge in [0.15, 0.2) is 0 Å². The Labute approximate surface area is 64.1 Å². The van der Waals surface area contributed by atoms with Crippen LogP contribution >= 0.6 is 0 Å². The van der Waals surface area contributed by atoms with Gasteiger partial charge in [-0.1, -0.05) is 44.4 Å². The quantitative estimate of drug-likeness (QED) is 0.406. The van der Waals surface area contributed by atoms with Gasteiger partial charge in [-0.3, -0.25) is 0 Å². The highest BCUT2D eigenvalue weighted by Gasteiger charge is 1.87. The van der Waals surface area contributed by atoms with E-state index in [1.807, 2.05) is 0 Å². The van der Waals surface area contributed by atoms with Gasteiger partial charge in [-0.2, -0.15) is 0 Å². The van der Waals surface area contributed by atoms with Gasteiger partial charge in [0.2, 0.25) is 0 Å². The molecule has 0 saturated carbocycles. The molecule has 0 heterocycles. The van der Waals surface area contributed by atoms with E-state index in [1.165, 1.54) is 12.8 Å². The largest absolute Gasteiger partial charge is 0.0721 e. The topological polar surface area (TPSA) is 0 Å². The maximum absolute atomic E-state index is 2.31. The van der Waals surface area contributed by atoms with E-state index >= 15 is 0 Å². The van der Waals surface area contributed by atoms with Gasteiger partial charge in [0.25, 0.3) is 0 Å². The Morgan fingerprint density at radius 2 is 1.33 bits per heavy atom. The molecule has 0 aromatic heterocycles. The lowest BCUT2D eigenvalue weighted by Gasteiger charge is -1.94. The zero-order valence-electron chi connectivity index (χ0n) is 6.95. The van der Waals surface area contributed by atoms with E-state index in [2.05, 4.69) is 13.8 Å². The van der Waals surface area contributed by atoms with Gasteiger partial charge >= 0.3 is 0 Å². The molecule has 0 rings (SSSR count). The smallest absolute Gasteiger partial charge is 0.0166 e. The lowest BCUT2D eigenvalue weighted by atomic mass is 10.6. The zero-order valence-corrected chi connectivity index (χ0v) is 9.78. The van der Waals surface area contributed by atoms with Gasteiger partial charge in [0.05, 0.1) is 0 Å². The molecule has 0 nitrogen and oxygen atoms in total. The van der Waals surface area contributed by atoms with E-state index in [0.29, 0.717) is 19.0 Å². The Kier molecular flexibility index (Phi) is 8.84. The molecule has 0 fully saturated rings. The molecule has 0 radical (unpaired) electrons. The molecule has 0 aliphatic rings. The second-order valence-electron chi connectivity index (χ2n) is 2.77. The first kappa shape index (κ1) is 9.43. The molecular formula is C7H20Si2. The van der Waals surface area contributed by atoms with Crippen LogP contribution in [0.2, 0.25) is 17.8 Å². The van der Waals surface area contributed by atoms with Crippen molar-refractivity contribution in [3.05, 3.63) is 0 Å². The first-order valence-corrected chi connectivity index (χ1v) is 8.41. The minimum absolute atomic E-state index is 0.453. The highest BCUT2D eigenvalue weighted by atomic mass is 28.3. The average molecular weight is 160 g/mol. The summed E-state index contributed by atoms with van der Waals surface area (Å²) in [6, 6.07) is 3.22. The maximum Gasteiger partial charge on any atom is 0.0166 e. The Morgan fingerprint density at radius 1 is 0.889 bits per heavy atom. The molecule has 0 aliphatic carbocycles. The molecule has 0 amide bonds. The molecule has 0 spiro atoms. The molecule has 0 bridgehead atoms. The van der Waals surface area contributed by atoms with Gasteiger partial charge in [0.1, 0.15) is 0 Å². The Balaban J connectivity index is 2.60. The molecule has 0 saturated heterocycles. The van der Waals surface area contributed by atoms with Crippen LogP contribution in [0.25, 0.3) is 0 Å². The van der Waals surface area contributed by atoms with Gasteiger partial charge in [-0.15, -0.1) is 0 Å². The van der Waals surface area contributed by atoms with Crippen molar-refractivity contribution >= 4 is 19.0 Å². The summed E-state index contributed by atoms with van der Waals surface area (Å²) in [5.74, 6) is 0. The van der Waals surface area contributed by atoms with Crippen molar-refractivity contribution in [2.24, 2.45) is 0 Å². The summed E-state index contributed by atoms with van der Waals surface area (Å²) < 4.78 is 0. The van der Waals surface area contributed by atoms with Crippen molar-refractivity contribution in [1.29, 1.82) is 0 Å². The summed E-state index contributed by atoms with van der Waals surface area (Å²) in [7, 11) is 0.905. The van der Waals surface area contributed by atoms with Crippen LogP contribution < -0.4 is 0 Å². The number of hydrogen-bond acceptors (Lipinski definition) is 0. The van der Waals surface area contributed by atoms with Crippen LogP contribution in [0.5, 0.6) is 0 Å². The minimum atomic E-state index is 0.453. The third-order valence-electron chi connectivity index (χ3n) is 1.71. The van der Waals surface area contributed by atoms with Crippen molar-refractivity contribution < 1.29 is 0 Å². The highest BCUT2D eigenvalue weighted by Crippen LogP contribution is 1.93. The van der Waals surface area contributed by atoms with Gasteiger partial charge in [-0.25, -0.2) is 0 Å². The predicted molar refractivity (Wildman–Crippen MR) is 52.1 cm³/mol. The van der Waals surface area contributed by atoms with E-state index in [-0.39, 0.29) is 0 Å². The first-order chi connectivity index (χ1) is 4.41. The van der Waals surface area contributed by atoms with Crippen molar-refractivity contribution in [3.63, 3.8) is 0 Å². The second kappa shape index (κ2) is 8.43. The van der Waals surface area contributed by atoms with Gasteiger partial charge in [0, 0.05) is 19.0 Å². The lowest BCUT2D eigenvalue weighted by molar-refractivity contribution is 1.06. The van der Waals surface area contributed by atoms with Crippen LogP contribution in [0.3, 0.4) is 0 Å². The Bertz CT molecular complexity index is 40.2. The van der Waals surface area contributed by atoms with Crippen molar-refractivity contribution in [1.82, 2.24) is 0 Å². The summed E-state index contributed by atoms with van der Waals surface area (Å²) in [4.78, 5) is 0. The van der Waals surface area contributed by atoms with Crippen LogP contribution in [-0.2, 0) is 0 Å². The monoisotopic (exact) mass is 160 g/mol. The maximum atomic E-state index is 2.31. The zero-order chi connectivity index (χ0) is 6.95. The summed E-state index contributed by atoms with van der Waals surface area (Å²) in [6.45, 7) is 4.63. The van der Waals surface area contributed by atoms with E-state index in [9.17, 15) is 0 Å². The first-order valence-electron chi connectivity index (χ1n) is 4.41. The number of rotatable bonds is 6. The van der Waals surface area contributed by atoms with Crippen molar-refractivity contribution in [2.75, 3.05) is 0 Å². The standard InChI is InChI=1S/C7H20Si2/c1-3-5-8-7-9-6-4-2/h3-9H2,1-2H3. The fourth-order valence-corrected chi connectivity index (χ4v) is 6.27. The molecule has 0 N–H and O–H groups in total. The molecular weight excluding hydrogens is 140 g/mol. The minimum Gasteiger partial charge on any atom is -0.0721 e. The third-order valence-corrected chi connectivity index (χ3v) is 8.12. The second-order valence-corrected chi connectivity index (χ2v) is 8.42. The van der Waals surface area contributed by atoms with Gasteiger partial charge in [-0.05, 0) is 0 Å². The summed E-state index contributed by atoms with van der Waals surface area (Å²) in [5.41, 5.74) is 1.74. The van der Waals surface area contributed by atoms with Crippen LogP contribution in [0.4, 0.5) is 0 Å². The Hall–Kier alpha value is 0.434. The molecule has 9 heavy (non-hydrogen) atoms. The molecule has 2 heteroatoms. The van der Waals surface area contributed by atoms with Crippen LogP contribution in [-0.4, -0.2) is 19.0 Å². The Morgan fingerprint density at radius 3 is 1.67 bits per heavy atom. The fraction of sp³-hybridized carbons (Fsp3) is 1.00. The lowest BCUT2D eigenvalue weighted by Crippen LogP contribution is -1.95. The SMILES string of the molecule is CCC[SiH2]C[SiH2]CCC. The molecule has 56 valence electrons. The van der Waals surface area contributed by atoms with E-state index in [1.54, 1.807) is 17.8 Å². The normalized spacial score (nSPS) is 12.7. The molecule has 0 aromatic carbocycles. The summed E-state index contributed by atoms with van der Waals surface area (Å²) in [6.07, 6.45) is 2.90. The third kappa shape index (κ3) is 8.43. The van der Waals surface area contributed by atoms with Crippen molar-refractivity contribution in [3.8, 4) is 0 Å². The summed E-state index contributed by atoms with van der Waals surface area (Å²) >= 11 is 0. The fourth-order valence-electron chi connectivity index (χ4n) is 1.03. The van der Waals surface area contributed by atoms with E-state index < -0.39 is 0 Å². The molecule has 0 atom stereocenters. The van der Waals surface area contributed by atoms with Crippen LogP contribution in [0.15, 0.2) is 0 Å². The molecule has 0 aliphatic heterocycles. The number of hydrogen-bond donors (Lipinski definition) is 0. The van der Waals surface area contributed by atoms with Crippen molar-refractivity contribution in [2.45, 2.75) is 44.4 Å². The van der Waals surface area contributed by atoms with Crippen LogP contribution in [0.1, 0.15) is 26.7 Å². The van der Waals surface area contributed by atoms with E-state index in [4.69, 9.17) is 0 Å². The highest BCUT2D eigenvalue weighted by molar-refractivity contribution is 6.55. The van der Waals surface area contributed by atoms with Gasteiger partial charge < -0.3 is 0 Å². The molecule has 0 unspecified atom stereocenters. The average Bonchev–Trinajstić information content (AvgIpc) is 1.89. The van der Waals surface area contributed by atoms with Crippen LogP contribution in [0, 0.1) is 0 Å². The predicted octanol–water partition coefficient (Wildman–Crippen LogP) is 1.36. The summed E-state index contributed by atoms with van der Waals surface area (Å²) in [5, 5.41) is 0. The van der Waals surface area contributed by atoms with E-state index in [0.717, 1.165) is 0 Å².